The summed E-state index contributed by atoms with van der Waals surface area (Å²) in [5.74, 6) is -1.50. The molecule has 6 heteroatoms. The molecule has 0 aliphatic rings. The second kappa shape index (κ2) is 8.23. The predicted octanol–water partition coefficient (Wildman–Crippen LogP) is 0.758. The fourth-order valence-electron chi connectivity index (χ4n) is 1.39. The van der Waals surface area contributed by atoms with Crippen LogP contribution in [0.2, 0.25) is 0 Å². The summed E-state index contributed by atoms with van der Waals surface area (Å²) in [6.07, 6.45) is 1.95. The van der Waals surface area contributed by atoms with E-state index in [0.29, 0.717) is 18.5 Å². The lowest BCUT2D eigenvalue weighted by Crippen LogP contribution is -2.33. The van der Waals surface area contributed by atoms with E-state index in [2.05, 4.69) is 9.78 Å². The molecule has 0 aliphatic heterocycles. The zero-order valence-electron chi connectivity index (χ0n) is 10.6. The van der Waals surface area contributed by atoms with Crippen molar-refractivity contribution in [1.29, 1.82) is 0 Å². The molecule has 0 amide bonds. The maximum absolute atomic E-state index is 11.5. The maximum Gasteiger partial charge on any atom is 0.386 e. The summed E-state index contributed by atoms with van der Waals surface area (Å²) in [6.45, 7) is 0.546. The standard InChI is InChI=1S/C13H18N2O4/c14-9-5-4-8-11(15)13(17)19-18-12(16)10-6-2-1-3-7-10/h1-3,6-7,11H,4-5,8-9,14-15H2. The molecule has 19 heavy (non-hydrogen) atoms. The SMILES string of the molecule is NCCCCC(N)C(=O)OOC(=O)c1ccccc1. The van der Waals surface area contributed by atoms with Crippen LogP contribution in [0.5, 0.6) is 0 Å². The van der Waals surface area contributed by atoms with Crippen molar-refractivity contribution >= 4 is 11.9 Å². The second-order valence-corrected chi connectivity index (χ2v) is 4.03. The van der Waals surface area contributed by atoms with Gasteiger partial charge in [0.15, 0.2) is 0 Å². The van der Waals surface area contributed by atoms with Crippen molar-refractivity contribution in [3.05, 3.63) is 35.9 Å². The molecule has 0 saturated heterocycles. The highest BCUT2D eigenvalue weighted by Crippen LogP contribution is 2.04. The molecule has 0 aromatic heterocycles. The largest absolute Gasteiger partial charge is 0.386 e. The first-order valence-electron chi connectivity index (χ1n) is 6.08. The first kappa shape index (κ1) is 15.1. The molecule has 6 nitrogen and oxygen atoms in total. The predicted molar refractivity (Wildman–Crippen MR) is 68.8 cm³/mol. The van der Waals surface area contributed by atoms with Gasteiger partial charge in [-0.05, 0) is 31.5 Å². The zero-order valence-corrected chi connectivity index (χ0v) is 10.6. The number of carbonyl (C=O) groups is 2. The molecule has 0 spiro atoms. The average molecular weight is 266 g/mol. The van der Waals surface area contributed by atoms with Crippen LogP contribution in [0, 0.1) is 0 Å². The minimum Gasteiger partial charge on any atom is -0.330 e. The van der Waals surface area contributed by atoms with E-state index in [9.17, 15) is 9.59 Å². The Hall–Kier alpha value is -1.92. The fourth-order valence-corrected chi connectivity index (χ4v) is 1.39. The summed E-state index contributed by atoms with van der Waals surface area (Å²) in [4.78, 5) is 31.7. The lowest BCUT2D eigenvalue weighted by molar-refractivity contribution is -0.235. The lowest BCUT2D eigenvalue weighted by Gasteiger charge is -2.09. The minimum atomic E-state index is -0.810. The van der Waals surface area contributed by atoms with Gasteiger partial charge in [-0.2, -0.15) is 0 Å². The molecular weight excluding hydrogens is 248 g/mol. The quantitative estimate of drug-likeness (QED) is 0.447. The summed E-state index contributed by atoms with van der Waals surface area (Å²) in [5.41, 5.74) is 11.2. The molecule has 1 unspecified atom stereocenters. The van der Waals surface area contributed by atoms with E-state index in [1.165, 1.54) is 0 Å². The van der Waals surface area contributed by atoms with Gasteiger partial charge in [0.2, 0.25) is 0 Å². The summed E-state index contributed by atoms with van der Waals surface area (Å²) < 4.78 is 0. The van der Waals surface area contributed by atoms with E-state index in [0.717, 1.165) is 12.8 Å². The zero-order chi connectivity index (χ0) is 14.1. The number of carbonyl (C=O) groups excluding carboxylic acids is 2. The molecule has 1 atom stereocenters. The van der Waals surface area contributed by atoms with Crippen LogP contribution < -0.4 is 11.5 Å². The molecule has 1 rings (SSSR count). The Morgan fingerprint density at radius 2 is 1.79 bits per heavy atom. The van der Waals surface area contributed by atoms with Gasteiger partial charge >= 0.3 is 11.9 Å². The van der Waals surface area contributed by atoms with Gasteiger partial charge < -0.3 is 11.5 Å². The van der Waals surface area contributed by atoms with Gasteiger partial charge in [-0.25, -0.2) is 19.4 Å². The highest BCUT2D eigenvalue weighted by atomic mass is 17.2. The molecule has 0 fully saturated rings. The summed E-state index contributed by atoms with van der Waals surface area (Å²) in [5, 5.41) is 0. The average Bonchev–Trinajstić information content (AvgIpc) is 2.45. The van der Waals surface area contributed by atoms with Crippen LogP contribution >= 0.6 is 0 Å². The number of benzene rings is 1. The second-order valence-electron chi connectivity index (χ2n) is 4.03. The van der Waals surface area contributed by atoms with Crippen molar-refractivity contribution in [2.75, 3.05) is 6.54 Å². The maximum atomic E-state index is 11.5. The van der Waals surface area contributed by atoms with Crippen molar-refractivity contribution in [1.82, 2.24) is 0 Å². The van der Waals surface area contributed by atoms with Crippen LogP contribution in [0.25, 0.3) is 0 Å². The normalized spacial score (nSPS) is 11.7. The Kier molecular flexibility index (Phi) is 6.56. The monoisotopic (exact) mass is 266 g/mol. The van der Waals surface area contributed by atoms with Crippen LogP contribution in [0.3, 0.4) is 0 Å². The first-order chi connectivity index (χ1) is 9.15. The molecule has 1 aromatic carbocycles. The Morgan fingerprint density at radius 3 is 2.42 bits per heavy atom. The number of unbranched alkanes of at least 4 members (excludes halogenated alkanes) is 1. The minimum absolute atomic E-state index is 0.298. The fraction of sp³-hybridized carbons (Fsp3) is 0.385. The Morgan fingerprint density at radius 1 is 1.11 bits per heavy atom. The van der Waals surface area contributed by atoms with E-state index in [1.807, 2.05) is 0 Å². The third kappa shape index (κ3) is 5.50. The number of nitrogens with two attached hydrogens (primary N) is 2. The Balaban J connectivity index is 2.32. The van der Waals surface area contributed by atoms with Crippen molar-refractivity contribution in [3.63, 3.8) is 0 Å². The van der Waals surface area contributed by atoms with Crippen molar-refractivity contribution in [2.24, 2.45) is 11.5 Å². The lowest BCUT2D eigenvalue weighted by atomic mass is 10.1. The Bertz CT molecular complexity index is 408. The molecule has 0 bridgehead atoms. The van der Waals surface area contributed by atoms with Crippen LogP contribution in [-0.4, -0.2) is 24.5 Å². The molecular formula is C13H18N2O4. The van der Waals surface area contributed by atoms with Gasteiger partial charge in [0.25, 0.3) is 0 Å². The third-order valence-corrected chi connectivity index (χ3v) is 2.48. The van der Waals surface area contributed by atoms with E-state index >= 15 is 0 Å². The highest BCUT2D eigenvalue weighted by Gasteiger charge is 2.18. The van der Waals surface area contributed by atoms with Crippen LogP contribution in [-0.2, 0) is 14.6 Å². The summed E-state index contributed by atoms with van der Waals surface area (Å²) in [6, 6.07) is 7.41. The van der Waals surface area contributed by atoms with Crippen molar-refractivity contribution in [2.45, 2.75) is 25.3 Å². The van der Waals surface area contributed by atoms with Crippen LogP contribution in [0.1, 0.15) is 29.6 Å². The highest BCUT2D eigenvalue weighted by molar-refractivity contribution is 5.89. The molecule has 0 heterocycles. The van der Waals surface area contributed by atoms with Gasteiger partial charge in [-0.3, -0.25) is 0 Å². The topological polar surface area (TPSA) is 105 Å². The molecule has 4 N–H and O–H groups in total. The molecule has 1 aromatic rings. The van der Waals surface area contributed by atoms with E-state index in [1.54, 1.807) is 30.3 Å². The number of hydrogen-bond acceptors (Lipinski definition) is 6. The summed E-state index contributed by atoms with van der Waals surface area (Å²) >= 11 is 0. The third-order valence-electron chi connectivity index (χ3n) is 2.48. The van der Waals surface area contributed by atoms with Gasteiger partial charge in [0.05, 0.1) is 5.56 Å². The van der Waals surface area contributed by atoms with Crippen LogP contribution in [0.4, 0.5) is 0 Å². The van der Waals surface area contributed by atoms with E-state index in [4.69, 9.17) is 11.5 Å². The van der Waals surface area contributed by atoms with E-state index in [-0.39, 0.29) is 0 Å². The molecule has 104 valence electrons. The van der Waals surface area contributed by atoms with Crippen molar-refractivity contribution in [3.8, 4) is 0 Å². The van der Waals surface area contributed by atoms with Gasteiger partial charge in [-0.1, -0.05) is 24.6 Å². The van der Waals surface area contributed by atoms with E-state index < -0.39 is 18.0 Å². The number of hydrogen-bond donors (Lipinski definition) is 2. The molecule has 0 radical (unpaired) electrons. The smallest absolute Gasteiger partial charge is 0.330 e. The first-order valence-corrected chi connectivity index (χ1v) is 6.08. The van der Waals surface area contributed by atoms with Gasteiger partial charge in [0.1, 0.15) is 6.04 Å². The van der Waals surface area contributed by atoms with Gasteiger partial charge in [0, 0.05) is 0 Å². The van der Waals surface area contributed by atoms with Gasteiger partial charge in [-0.15, -0.1) is 0 Å². The summed E-state index contributed by atoms with van der Waals surface area (Å²) in [7, 11) is 0. The molecule has 0 aliphatic carbocycles. The van der Waals surface area contributed by atoms with Crippen LogP contribution in [0.15, 0.2) is 30.3 Å². The molecule has 0 saturated carbocycles. The number of rotatable bonds is 6. The Labute approximate surface area is 111 Å². The van der Waals surface area contributed by atoms with Crippen molar-refractivity contribution < 1.29 is 19.4 Å².